The molecule has 39 heavy (non-hydrogen) atoms. The Bertz CT molecular complexity index is 1410. The Kier molecular flexibility index (Phi) is 8.91. The lowest BCUT2D eigenvalue weighted by atomic mass is 10.2. The van der Waals surface area contributed by atoms with Gasteiger partial charge >= 0.3 is 0 Å². The number of aliphatic hydroxyl groups is 2. The third-order valence-corrected chi connectivity index (χ3v) is 8.62. The van der Waals surface area contributed by atoms with Crippen molar-refractivity contribution >= 4 is 63.6 Å². The third kappa shape index (κ3) is 6.16. The maximum atomic E-state index is 12.4. The standard InChI is InChI=1S/C27H24Cl2N4O4S2/c28-18-13-17(14-19(29)26(18)37-16-25(36)32(9-11-34)10-12-35)27-31-30-24(39-27)15-33-20-5-1-3-7-22(20)38-23-8-4-2-6-21(23)33/h1-8,13-14,34-35H,9-12,15-16H2. The summed E-state index contributed by atoms with van der Waals surface area (Å²) >= 11 is 16.2. The van der Waals surface area contributed by atoms with E-state index in [1.807, 2.05) is 24.3 Å². The van der Waals surface area contributed by atoms with E-state index in [1.165, 1.54) is 26.0 Å². The second-order valence-corrected chi connectivity index (χ2v) is 11.5. The Labute approximate surface area is 243 Å². The molecule has 1 aliphatic heterocycles. The second kappa shape index (κ2) is 12.5. The van der Waals surface area contributed by atoms with Crippen LogP contribution in [0.4, 0.5) is 11.4 Å². The summed E-state index contributed by atoms with van der Waals surface area (Å²) in [6, 6.07) is 20.0. The molecule has 1 amide bonds. The molecule has 0 spiro atoms. The molecule has 0 saturated carbocycles. The fourth-order valence-electron chi connectivity index (χ4n) is 4.17. The van der Waals surface area contributed by atoms with Crippen molar-refractivity contribution < 1.29 is 19.7 Å². The number of para-hydroxylation sites is 2. The van der Waals surface area contributed by atoms with Gasteiger partial charge in [0.2, 0.25) is 0 Å². The van der Waals surface area contributed by atoms with Gasteiger partial charge in [-0.25, -0.2) is 0 Å². The Balaban J connectivity index is 1.33. The molecule has 8 nitrogen and oxygen atoms in total. The van der Waals surface area contributed by atoms with E-state index in [0.29, 0.717) is 17.1 Å². The number of rotatable bonds is 10. The van der Waals surface area contributed by atoms with Gasteiger partial charge in [0.05, 0.1) is 41.2 Å². The Morgan fingerprint density at radius 1 is 0.923 bits per heavy atom. The number of nitrogens with zero attached hydrogens (tertiary/aromatic N) is 4. The van der Waals surface area contributed by atoms with E-state index in [1.54, 1.807) is 23.9 Å². The fourth-order valence-corrected chi connectivity index (χ4v) is 6.68. The van der Waals surface area contributed by atoms with Crippen molar-refractivity contribution in [3.63, 3.8) is 0 Å². The van der Waals surface area contributed by atoms with Crippen LogP contribution in [0.15, 0.2) is 70.5 Å². The van der Waals surface area contributed by atoms with Gasteiger partial charge in [0.15, 0.2) is 12.4 Å². The molecule has 0 aliphatic carbocycles. The molecule has 202 valence electrons. The molecular formula is C27H24Cl2N4O4S2. The lowest BCUT2D eigenvalue weighted by Gasteiger charge is -2.31. The van der Waals surface area contributed by atoms with Crippen LogP contribution in [0.2, 0.25) is 10.0 Å². The number of carbonyl (C=O) groups is 1. The first kappa shape index (κ1) is 27.7. The average Bonchev–Trinajstić information content (AvgIpc) is 3.41. The van der Waals surface area contributed by atoms with Gasteiger partial charge in [0.1, 0.15) is 10.0 Å². The number of carbonyl (C=O) groups excluding carboxylic acids is 1. The van der Waals surface area contributed by atoms with Crippen molar-refractivity contribution in [2.75, 3.05) is 37.8 Å². The average molecular weight is 604 g/mol. The first-order valence-corrected chi connectivity index (χ1v) is 14.4. The van der Waals surface area contributed by atoms with Gasteiger partial charge in [0.25, 0.3) is 5.91 Å². The smallest absolute Gasteiger partial charge is 0.260 e. The number of aliphatic hydroxyl groups excluding tert-OH is 2. The van der Waals surface area contributed by atoms with Crippen molar-refractivity contribution in [2.24, 2.45) is 0 Å². The predicted molar refractivity (Wildman–Crippen MR) is 154 cm³/mol. The number of ether oxygens (including phenoxy) is 1. The summed E-state index contributed by atoms with van der Waals surface area (Å²) in [7, 11) is 0. The highest BCUT2D eigenvalue weighted by atomic mass is 35.5. The van der Waals surface area contributed by atoms with Crippen LogP contribution in [-0.2, 0) is 11.3 Å². The largest absolute Gasteiger partial charge is 0.481 e. The first-order chi connectivity index (χ1) is 19.0. The fraction of sp³-hybridized carbons (Fsp3) is 0.222. The van der Waals surface area contributed by atoms with Crippen molar-refractivity contribution in [3.05, 3.63) is 75.7 Å². The number of anilines is 2. The molecule has 5 rings (SSSR count). The minimum atomic E-state index is -0.401. The van der Waals surface area contributed by atoms with E-state index in [0.717, 1.165) is 16.4 Å². The highest BCUT2D eigenvalue weighted by Crippen LogP contribution is 2.48. The molecule has 0 radical (unpaired) electrons. The van der Waals surface area contributed by atoms with Crippen LogP contribution in [0.3, 0.4) is 0 Å². The molecule has 1 aliphatic rings. The lowest BCUT2D eigenvalue weighted by Crippen LogP contribution is -2.38. The van der Waals surface area contributed by atoms with Gasteiger partial charge in [-0.2, -0.15) is 0 Å². The Morgan fingerprint density at radius 3 is 2.10 bits per heavy atom. The minimum absolute atomic E-state index is 0.0932. The zero-order valence-electron chi connectivity index (χ0n) is 20.6. The molecule has 4 aromatic rings. The molecule has 1 aromatic heterocycles. The molecule has 2 heterocycles. The second-order valence-electron chi connectivity index (χ2n) is 8.51. The van der Waals surface area contributed by atoms with Crippen LogP contribution in [0.1, 0.15) is 5.01 Å². The molecule has 0 fully saturated rings. The summed E-state index contributed by atoms with van der Waals surface area (Å²) < 4.78 is 5.61. The monoisotopic (exact) mass is 602 g/mol. The summed E-state index contributed by atoms with van der Waals surface area (Å²) in [5.41, 5.74) is 2.93. The van der Waals surface area contributed by atoms with E-state index in [-0.39, 0.29) is 48.7 Å². The van der Waals surface area contributed by atoms with E-state index >= 15 is 0 Å². The topological polar surface area (TPSA) is 99.0 Å². The highest BCUT2D eigenvalue weighted by Gasteiger charge is 2.24. The molecule has 0 unspecified atom stereocenters. The first-order valence-electron chi connectivity index (χ1n) is 12.1. The molecular weight excluding hydrogens is 579 g/mol. The zero-order valence-corrected chi connectivity index (χ0v) is 23.7. The van der Waals surface area contributed by atoms with E-state index in [2.05, 4.69) is 39.4 Å². The van der Waals surface area contributed by atoms with E-state index in [9.17, 15) is 4.79 Å². The summed E-state index contributed by atoms with van der Waals surface area (Å²) in [5, 5.41) is 29.0. The quantitative estimate of drug-likeness (QED) is 0.245. The Morgan fingerprint density at radius 2 is 1.51 bits per heavy atom. The number of fused-ring (bicyclic) bond motifs is 2. The molecule has 3 aromatic carbocycles. The maximum absolute atomic E-state index is 12.4. The number of hydrogen-bond donors (Lipinski definition) is 2. The van der Waals surface area contributed by atoms with Gasteiger partial charge in [-0.1, -0.05) is 70.6 Å². The van der Waals surface area contributed by atoms with Crippen molar-refractivity contribution in [1.82, 2.24) is 15.1 Å². The number of hydrogen-bond acceptors (Lipinski definition) is 9. The zero-order chi connectivity index (χ0) is 27.4. The highest BCUT2D eigenvalue weighted by molar-refractivity contribution is 7.99. The number of halogens is 2. The maximum Gasteiger partial charge on any atom is 0.260 e. The van der Waals surface area contributed by atoms with Crippen LogP contribution < -0.4 is 9.64 Å². The number of benzene rings is 3. The van der Waals surface area contributed by atoms with E-state index < -0.39 is 5.91 Å². The van der Waals surface area contributed by atoms with Crippen LogP contribution in [-0.4, -0.2) is 64.1 Å². The van der Waals surface area contributed by atoms with Crippen LogP contribution >= 0.6 is 46.3 Å². The van der Waals surface area contributed by atoms with Gasteiger partial charge < -0.3 is 24.7 Å². The van der Waals surface area contributed by atoms with Crippen LogP contribution in [0.5, 0.6) is 5.75 Å². The molecule has 0 saturated heterocycles. The van der Waals surface area contributed by atoms with Gasteiger partial charge in [0, 0.05) is 28.4 Å². The van der Waals surface area contributed by atoms with Crippen LogP contribution in [0, 0.1) is 0 Å². The minimum Gasteiger partial charge on any atom is -0.481 e. The number of amides is 1. The molecule has 0 bridgehead atoms. The van der Waals surface area contributed by atoms with Gasteiger partial charge in [-0.15, -0.1) is 10.2 Å². The summed E-state index contributed by atoms with van der Waals surface area (Å²) in [4.78, 5) is 18.3. The van der Waals surface area contributed by atoms with Crippen molar-refractivity contribution in [1.29, 1.82) is 0 Å². The van der Waals surface area contributed by atoms with Crippen molar-refractivity contribution in [3.8, 4) is 16.3 Å². The van der Waals surface area contributed by atoms with Gasteiger partial charge in [-0.3, -0.25) is 4.79 Å². The third-order valence-electron chi connectivity index (χ3n) is 5.97. The summed E-state index contributed by atoms with van der Waals surface area (Å²) in [6.45, 7) is -0.0387. The molecule has 0 atom stereocenters. The number of aromatic nitrogens is 2. The SMILES string of the molecule is O=C(COc1c(Cl)cc(-c2nnc(CN3c4ccccc4Sc4ccccc43)s2)cc1Cl)N(CCO)CCO. The van der Waals surface area contributed by atoms with E-state index in [4.69, 9.17) is 38.2 Å². The Hall–Kier alpha value is -2.86. The van der Waals surface area contributed by atoms with Crippen LogP contribution in [0.25, 0.3) is 10.6 Å². The van der Waals surface area contributed by atoms with Crippen molar-refractivity contribution in [2.45, 2.75) is 16.3 Å². The lowest BCUT2D eigenvalue weighted by molar-refractivity contribution is -0.134. The summed E-state index contributed by atoms with van der Waals surface area (Å²) in [5.74, 6) is -0.227. The summed E-state index contributed by atoms with van der Waals surface area (Å²) in [6.07, 6.45) is 0. The predicted octanol–water partition coefficient (Wildman–Crippen LogP) is 5.51. The molecule has 2 N–H and O–H groups in total. The normalized spacial score (nSPS) is 12.2. The van der Waals surface area contributed by atoms with Gasteiger partial charge in [-0.05, 0) is 36.4 Å². The molecule has 12 heteroatoms.